The minimum atomic E-state index is -1.16. The summed E-state index contributed by atoms with van der Waals surface area (Å²) in [5, 5.41) is 9.23. The summed E-state index contributed by atoms with van der Waals surface area (Å²) < 4.78 is 10.2. The van der Waals surface area contributed by atoms with Crippen molar-refractivity contribution in [1.29, 1.82) is 0 Å². The van der Waals surface area contributed by atoms with Crippen molar-refractivity contribution in [3.05, 3.63) is 54.0 Å². The van der Waals surface area contributed by atoms with Crippen molar-refractivity contribution in [3.63, 3.8) is 0 Å². The van der Waals surface area contributed by atoms with Crippen LogP contribution in [0.4, 0.5) is 5.82 Å². The van der Waals surface area contributed by atoms with Crippen molar-refractivity contribution in [2.75, 3.05) is 18.5 Å². The number of ether oxygens (including phenoxy) is 1. The minimum Gasteiger partial charge on any atom is -0.361 e. The summed E-state index contributed by atoms with van der Waals surface area (Å²) in [5.41, 5.74) is 3.81. The standard InChI is InChI=1S/C27H36N6O2Si/c1-19-8-9-32(19)17-23-13-22-15-28-26(14-25(22)33(23)18-35-10-11-36(3,4)5)30-27(34)20-6-7-24-21(12-20)16-29-31(24)2/h6-7,12-16,19H,8-11,17-18H2,1-5H3,(H,28,30,34)/t19-/m1/s1. The SMILES string of the molecule is C[C@@H]1CCN1Cc1cc2cnc(NC(=O)c3ccc4c(cnn4C)c3)cc2n1COCC[Si](C)(C)C. The second-order valence-corrected chi connectivity index (χ2v) is 16.8. The summed E-state index contributed by atoms with van der Waals surface area (Å²) in [6.45, 7) is 12.7. The maximum Gasteiger partial charge on any atom is 0.256 e. The molecule has 0 spiro atoms. The maximum absolute atomic E-state index is 13.0. The second kappa shape index (κ2) is 9.80. The third-order valence-corrected chi connectivity index (χ3v) is 8.86. The monoisotopic (exact) mass is 504 g/mol. The van der Waals surface area contributed by atoms with Crippen LogP contribution in [-0.2, 0) is 25.1 Å². The Kier molecular flexibility index (Phi) is 6.71. The zero-order valence-corrected chi connectivity index (χ0v) is 22.9. The van der Waals surface area contributed by atoms with E-state index < -0.39 is 8.07 Å². The molecule has 9 heteroatoms. The Morgan fingerprint density at radius 1 is 1.14 bits per heavy atom. The van der Waals surface area contributed by atoms with Crippen LogP contribution < -0.4 is 5.32 Å². The molecule has 36 heavy (non-hydrogen) atoms. The number of anilines is 1. The van der Waals surface area contributed by atoms with E-state index in [1.807, 2.05) is 37.5 Å². The molecule has 1 fully saturated rings. The Morgan fingerprint density at radius 3 is 2.67 bits per heavy atom. The van der Waals surface area contributed by atoms with Crippen molar-refractivity contribution in [2.24, 2.45) is 7.05 Å². The highest BCUT2D eigenvalue weighted by molar-refractivity contribution is 6.76. The Balaban J connectivity index is 1.38. The van der Waals surface area contributed by atoms with E-state index in [1.165, 1.54) is 12.1 Å². The van der Waals surface area contributed by atoms with Crippen LogP contribution in [0.15, 0.2) is 42.7 Å². The molecule has 1 atom stereocenters. The molecule has 3 aromatic heterocycles. The quantitative estimate of drug-likeness (QED) is 0.254. The van der Waals surface area contributed by atoms with Gasteiger partial charge in [-0.15, -0.1) is 0 Å². The highest BCUT2D eigenvalue weighted by Gasteiger charge is 2.25. The van der Waals surface area contributed by atoms with Gasteiger partial charge >= 0.3 is 0 Å². The van der Waals surface area contributed by atoms with Gasteiger partial charge < -0.3 is 14.6 Å². The van der Waals surface area contributed by atoms with Gasteiger partial charge in [-0.2, -0.15) is 5.10 Å². The number of carbonyl (C=O) groups excluding carboxylic acids is 1. The lowest BCUT2D eigenvalue weighted by Crippen LogP contribution is -2.45. The van der Waals surface area contributed by atoms with Crippen molar-refractivity contribution < 1.29 is 9.53 Å². The van der Waals surface area contributed by atoms with E-state index in [1.54, 1.807) is 10.9 Å². The first kappa shape index (κ1) is 24.7. The molecular formula is C27H36N6O2Si. The number of fused-ring (bicyclic) bond motifs is 2. The van der Waals surface area contributed by atoms with Gasteiger partial charge in [0.15, 0.2) is 0 Å². The summed E-state index contributed by atoms with van der Waals surface area (Å²) in [5.74, 6) is 0.343. The first-order valence-corrected chi connectivity index (χ1v) is 16.4. The predicted octanol–water partition coefficient (Wildman–Crippen LogP) is 5.08. The van der Waals surface area contributed by atoms with Gasteiger partial charge in [-0.05, 0) is 43.7 Å². The third-order valence-electron chi connectivity index (χ3n) is 7.16. The molecular weight excluding hydrogens is 468 g/mol. The van der Waals surface area contributed by atoms with E-state index in [9.17, 15) is 4.79 Å². The van der Waals surface area contributed by atoms with Gasteiger partial charge in [0.25, 0.3) is 5.91 Å². The number of hydrogen-bond acceptors (Lipinski definition) is 5. The van der Waals surface area contributed by atoms with Crippen molar-refractivity contribution >= 4 is 41.6 Å². The van der Waals surface area contributed by atoms with Crippen LogP contribution in [-0.4, -0.2) is 57.4 Å². The van der Waals surface area contributed by atoms with Crippen LogP contribution in [0.25, 0.3) is 21.8 Å². The second-order valence-electron chi connectivity index (χ2n) is 11.1. The number of carbonyl (C=O) groups is 1. The lowest BCUT2D eigenvalue weighted by Gasteiger charge is -2.38. The molecule has 1 aliphatic heterocycles. The molecule has 1 saturated heterocycles. The van der Waals surface area contributed by atoms with Gasteiger partial charge in [0, 0.05) is 75.2 Å². The molecule has 1 aliphatic rings. The van der Waals surface area contributed by atoms with Crippen LogP contribution in [0.2, 0.25) is 25.7 Å². The van der Waals surface area contributed by atoms with E-state index in [0.717, 1.165) is 47.5 Å². The van der Waals surface area contributed by atoms with E-state index in [2.05, 4.69) is 57.5 Å². The highest BCUT2D eigenvalue weighted by Crippen LogP contribution is 2.27. The number of pyridine rings is 1. The smallest absolute Gasteiger partial charge is 0.256 e. The number of rotatable bonds is 9. The molecule has 8 nitrogen and oxygen atoms in total. The molecule has 0 aliphatic carbocycles. The number of nitrogens with one attached hydrogen (secondary N) is 1. The number of nitrogens with zero attached hydrogens (tertiary/aromatic N) is 5. The van der Waals surface area contributed by atoms with Crippen LogP contribution in [0.1, 0.15) is 29.4 Å². The molecule has 1 amide bonds. The molecule has 0 radical (unpaired) electrons. The largest absolute Gasteiger partial charge is 0.361 e. The van der Waals surface area contributed by atoms with Crippen molar-refractivity contribution in [3.8, 4) is 0 Å². The van der Waals surface area contributed by atoms with Gasteiger partial charge in [-0.1, -0.05) is 19.6 Å². The Bertz CT molecular complexity index is 1400. The molecule has 0 unspecified atom stereocenters. The Morgan fingerprint density at radius 2 is 1.94 bits per heavy atom. The van der Waals surface area contributed by atoms with Gasteiger partial charge in [-0.25, -0.2) is 4.98 Å². The summed E-state index contributed by atoms with van der Waals surface area (Å²) in [6.07, 6.45) is 4.86. The van der Waals surface area contributed by atoms with E-state index >= 15 is 0 Å². The predicted molar refractivity (Wildman–Crippen MR) is 147 cm³/mol. The summed E-state index contributed by atoms with van der Waals surface area (Å²) in [4.78, 5) is 20.0. The fourth-order valence-electron chi connectivity index (χ4n) is 4.60. The molecule has 0 saturated carbocycles. The average molecular weight is 505 g/mol. The fourth-order valence-corrected chi connectivity index (χ4v) is 5.36. The Labute approximate surface area is 213 Å². The van der Waals surface area contributed by atoms with Crippen LogP contribution >= 0.6 is 0 Å². The first-order valence-electron chi connectivity index (χ1n) is 12.7. The minimum absolute atomic E-state index is 0.188. The van der Waals surface area contributed by atoms with Gasteiger partial charge in [0.2, 0.25) is 0 Å². The molecule has 5 rings (SSSR count). The van der Waals surface area contributed by atoms with Gasteiger partial charge in [-0.3, -0.25) is 14.4 Å². The number of benzene rings is 1. The number of hydrogen-bond donors (Lipinski definition) is 1. The van der Waals surface area contributed by atoms with Crippen LogP contribution in [0.3, 0.4) is 0 Å². The summed E-state index contributed by atoms with van der Waals surface area (Å²) in [7, 11) is 0.732. The van der Waals surface area contributed by atoms with Crippen LogP contribution in [0, 0.1) is 0 Å². The fraction of sp³-hybridized carbons (Fsp3) is 0.444. The first-order chi connectivity index (χ1) is 17.2. The average Bonchev–Trinajstić information content (AvgIpc) is 3.38. The molecule has 0 bridgehead atoms. The molecule has 1 aromatic carbocycles. The normalized spacial score (nSPS) is 16.5. The third kappa shape index (κ3) is 5.23. The van der Waals surface area contributed by atoms with Gasteiger partial charge in [0.1, 0.15) is 12.5 Å². The maximum atomic E-state index is 13.0. The summed E-state index contributed by atoms with van der Waals surface area (Å²) in [6, 6.07) is 11.5. The Hall–Kier alpha value is -3.01. The van der Waals surface area contributed by atoms with E-state index in [-0.39, 0.29) is 5.91 Å². The van der Waals surface area contributed by atoms with E-state index in [4.69, 9.17) is 4.74 Å². The number of aryl methyl sites for hydroxylation is 1. The van der Waals surface area contributed by atoms with Gasteiger partial charge in [0.05, 0.1) is 17.2 Å². The lowest BCUT2D eigenvalue weighted by atomic mass is 10.1. The number of amides is 1. The molecule has 1 N–H and O–H groups in total. The highest BCUT2D eigenvalue weighted by atomic mass is 28.3. The number of likely N-dealkylation sites (tertiary alicyclic amines) is 1. The van der Waals surface area contributed by atoms with Crippen molar-refractivity contribution in [1.82, 2.24) is 24.2 Å². The lowest BCUT2D eigenvalue weighted by molar-refractivity contribution is 0.0723. The summed E-state index contributed by atoms with van der Waals surface area (Å²) >= 11 is 0. The molecule has 190 valence electrons. The topological polar surface area (TPSA) is 77.2 Å². The number of aromatic nitrogens is 4. The molecule has 4 aromatic rings. The van der Waals surface area contributed by atoms with Crippen LogP contribution in [0.5, 0.6) is 0 Å². The van der Waals surface area contributed by atoms with E-state index in [0.29, 0.717) is 24.2 Å². The zero-order chi connectivity index (χ0) is 25.4. The van der Waals surface area contributed by atoms with Crippen molar-refractivity contribution in [2.45, 2.75) is 58.3 Å². The molecule has 4 heterocycles. The zero-order valence-electron chi connectivity index (χ0n) is 21.9.